The van der Waals surface area contributed by atoms with E-state index in [-0.39, 0.29) is 94.4 Å². The number of rotatable bonds is 23. The average Bonchev–Trinajstić information content (AvgIpc) is 1.20. The molecular weight excluding hydrogens is 1640 g/mol. The fourth-order valence-electron chi connectivity index (χ4n) is 12.7. The number of alkyl halides is 4. The summed E-state index contributed by atoms with van der Waals surface area (Å²) in [4.78, 5) is 130. The smallest absolute Gasteiger partial charge is 0.354 e. The highest BCUT2D eigenvalue weighted by Crippen LogP contribution is 2.27. The molecule has 2 unspecified atom stereocenters. The maximum absolute atomic E-state index is 15.2. The first-order valence-electron chi connectivity index (χ1n) is 41.4. The first-order chi connectivity index (χ1) is 56.8. The molecule has 0 spiro atoms. The molecule has 29 nitrogen and oxygen atoms in total. The van der Waals surface area contributed by atoms with Crippen LogP contribution in [0.4, 0.5) is 24.5 Å². The molecule has 3 fully saturated rings. The van der Waals surface area contributed by atoms with E-state index in [9.17, 15) is 67.5 Å². The van der Waals surface area contributed by atoms with Crippen LogP contribution in [0.2, 0.25) is 0 Å². The second-order valence-corrected chi connectivity index (χ2v) is 34.8. The van der Waals surface area contributed by atoms with Crippen molar-refractivity contribution in [3.63, 3.8) is 0 Å². The minimum atomic E-state index is -2.29. The van der Waals surface area contributed by atoms with Gasteiger partial charge in [-0.15, -0.1) is 0 Å². The van der Waals surface area contributed by atoms with E-state index in [0.29, 0.717) is 97.7 Å². The Morgan fingerprint density at radius 3 is 1.08 bits per heavy atom. The molecule has 2 aliphatic carbocycles. The third-order valence-electron chi connectivity index (χ3n) is 18.7. The van der Waals surface area contributed by atoms with Gasteiger partial charge in [-0.05, 0) is 143 Å². The van der Waals surface area contributed by atoms with Gasteiger partial charge in [-0.3, -0.25) is 82.9 Å². The van der Waals surface area contributed by atoms with Crippen molar-refractivity contribution in [2.75, 3.05) is 169 Å². The number of carbonyl (C=O) groups excluding carboxylic acids is 6. The monoisotopic (exact) mass is 1770 g/mol. The summed E-state index contributed by atoms with van der Waals surface area (Å²) in [5.41, 5.74) is 4.36. The van der Waals surface area contributed by atoms with Gasteiger partial charge in [0.05, 0.1) is 44.2 Å². The minimum absolute atomic E-state index is 0.00344. The van der Waals surface area contributed by atoms with Gasteiger partial charge >= 0.3 is 41.8 Å². The fraction of sp³-hybridized carbons (Fsp3) is 0.648. The van der Waals surface area contributed by atoms with E-state index in [1.165, 1.54) is 17.7 Å². The number of anilines is 1. The lowest BCUT2D eigenvalue weighted by atomic mass is 9.88. The van der Waals surface area contributed by atoms with Crippen molar-refractivity contribution in [1.82, 2.24) is 44.5 Å². The molecular formula is C88H133BrF3N11O18. The Morgan fingerprint density at radius 1 is 0.471 bits per heavy atom. The molecule has 3 aliphatic heterocycles. The number of esters is 4. The van der Waals surface area contributed by atoms with Gasteiger partial charge in [-0.1, -0.05) is 101 Å². The molecule has 3 saturated heterocycles. The number of carbonyl (C=O) groups is 9. The number of nitro groups is 1. The van der Waals surface area contributed by atoms with Gasteiger partial charge in [0.25, 0.3) is 11.4 Å². The Bertz CT molecular complexity index is 3710. The van der Waals surface area contributed by atoms with Crippen LogP contribution in [0.25, 0.3) is 0 Å². The maximum Gasteiger partial charge on any atom is 0.354 e. The molecule has 0 radical (unpaired) electrons. The zero-order chi connectivity index (χ0) is 90.4. The number of aldehydes is 1. The molecule has 0 amide bonds. The molecule has 676 valence electrons. The second kappa shape index (κ2) is 54.9. The highest BCUT2D eigenvalue weighted by molar-refractivity contribution is 9.08. The summed E-state index contributed by atoms with van der Waals surface area (Å²) in [5.74, 6) is 5.49. The van der Waals surface area contributed by atoms with Gasteiger partial charge in [0.15, 0.2) is 12.1 Å². The first kappa shape index (κ1) is 107. The van der Waals surface area contributed by atoms with Gasteiger partial charge in [-0.25, -0.2) is 18.0 Å². The number of halogens is 4. The van der Waals surface area contributed by atoms with Crippen LogP contribution in [-0.2, 0) is 86.9 Å². The summed E-state index contributed by atoms with van der Waals surface area (Å²) in [7, 11) is 0. The number of ketones is 1. The number of ether oxygens (including phenoxy) is 4. The van der Waals surface area contributed by atoms with Crippen molar-refractivity contribution in [3.8, 4) is 23.7 Å². The fourth-order valence-corrected chi connectivity index (χ4v) is 13.1. The molecule has 121 heavy (non-hydrogen) atoms. The number of nitro benzene ring substituents is 1. The van der Waals surface area contributed by atoms with Crippen LogP contribution < -0.4 is 11.1 Å². The number of nitrogen functional groups attached to an aromatic ring is 1. The van der Waals surface area contributed by atoms with E-state index < -0.39 is 69.0 Å². The molecule has 8 rings (SSSR count). The SMILES string of the molecule is CC(C)(C)OC(=O)CN1CCN(CC(=O)OC(C)(C)C)CCN(Cc2ccc(N)cc2)CC1.CC(C)(C)OC(=O)CN1CCNCCN(CC(=O)OC(C)(C)C)CC1.O=C(O)C1(F)C#CCCCCC1.O=C(O)CN1CCN(CC(=O)O)CCN(Cc2ccc(CC(=O)C3(F)C#CCCCCC3)cc2)CC1.O=CCF.O=[N+]([O-])c1ccc(CBr)cc1. The third-order valence-corrected chi connectivity index (χ3v) is 19.3. The van der Waals surface area contributed by atoms with Crippen LogP contribution in [-0.4, -0.2) is 311 Å². The topological polar surface area (TPSA) is 358 Å². The predicted molar refractivity (Wildman–Crippen MR) is 462 cm³/mol. The number of carboxylic acids is 3. The number of nitrogens with one attached hydrogen (secondary N) is 1. The van der Waals surface area contributed by atoms with E-state index in [1.807, 2.05) is 141 Å². The first-order valence-corrected chi connectivity index (χ1v) is 42.6. The van der Waals surface area contributed by atoms with Gasteiger partial charge in [-0.2, -0.15) is 0 Å². The quantitative estimate of drug-likeness (QED) is 0.00861. The molecule has 0 aromatic heterocycles. The molecule has 33 heteroatoms. The molecule has 0 saturated carbocycles. The van der Waals surface area contributed by atoms with Crippen molar-refractivity contribution >= 4 is 81.2 Å². The van der Waals surface area contributed by atoms with Crippen LogP contribution in [0.15, 0.2) is 72.8 Å². The zero-order valence-electron chi connectivity index (χ0n) is 73.2. The van der Waals surface area contributed by atoms with Crippen LogP contribution in [0.5, 0.6) is 0 Å². The second-order valence-electron chi connectivity index (χ2n) is 34.3. The Balaban J connectivity index is 0.000000409. The molecule has 0 bridgehead atoms. The van der Waals surface area contributed by atoms with Crippen LogP contribution in [0.1, 0.15) is 170 Å². The van der Waals surface area contributed by atoms with Gasteiger partial charge in [0.1, 0.15) is 29.1 Å². The number of aliphatic carboxylic acids is 3. The van der Waals surface area contributed by atoms with Gasteiger partial charge in [0, 0.05) is 186 Å². The third kappa shape index (κ3) is 50.0. The Kier molecular flexibility index (Phi) is 48.4. The van der Waals surface area contributed by atoms with Gasteiger partial charge < -0.3 is 50.1 Å². The van der Waals surface area contributed by atoms with E-state index in [0.717, 1.165) is 112 Å². The number of nitrogens with zero attached hydrogens (tertiary/aromatic N) is 9. The number of carboxylic acid groups (broad SMARTS) is 3. The van der Waals surface area contributed by atoms with Crippen molar-refractivity contribution in [1.29, 1.82) is 0 Å². The summed E-state index contributed by atoms with van der Waals surface area (Å²) in [6.07, 6.45) is 6.56. The molecule has 2 atom stereocenters. The van der Waals surface area contributed by atoms with E-state index >= 15 is 4.39 Å². The molecule has 3 aromatic carbocycles. The number of benzene rings is 3. The summed E-state index contributed by atoms with van der Waals surface area (Å²) in [5, 5.41) is 41.2. The predicted octanol–water partition coefficient (Wildman–Crippen LogP) is 9.70. The Labute approximate surface area is 721 Å². The van der Waals surface area contributed by atoms with E-state index in [1.54, 1.807) is 12.1 Å². The normalized spacial score (nSPS) is 19.4. The maximum atomic E-state index is 15.2. The minimum Gasteiger partial charge on any atom is -0.480 e. The van der Waals surface area contributed by atoms with E-state index in [4.69, 9.17) is 34.6 Å². The number of nitrogens with two attached hydrogens (primary N) is 1. The average molecular weight is 1770 g/mol. The van der Waals surface area contributed by atoms with Crippen LogP contribution in [0.3, 0.4) is 0 Å². The lowest BCUT2D eigenvalue weighted by Crippen LogP contribution is -2.42. The molecule has 6 N–H and O–H groups in total. The standard InChI is InChI=1S/C27H36FN3O5.C25H42N4O4.C18H35N3O4.C9H11FO2.C7H6BrNO2.C2H3FO/c28-27(10-4-2-1-3-5-11-27)24(32)18-22-6-8-23(9-7-22)19-29-12-14-30(20-25(33)34)16-17-31(15-13-29)21-26(35)36;1-24(2,3)32-22(30)18-28-13-11-27(17-20-7-9-21(26)10-8-20)12-14-29(16-15-28)19-23(31)33-25(4,5)6;1-17(2,3)24-15(22)13-20-9-7-19-8-10-21(12-11-20)14-16(23)25-18(4,5)6;10-9(8(11)12)6-4-2-1-3-5-7-9;8-5-6-1-3-7(4-2-6)9(10)11;3-1-2-4/h6-9H,1-4,10,12-21H2,(H,33,34)(H,35,36);7-10H,11-19,26H2,1-6H3;19H,7-14H2,1-6H3;1-4,6H2,(H,11,12);1-4H,5H2;2H,1H2. The summed E-state index contributed by atoms with van der Waals surface area (Å²) in [6.45, 7) is 36.3. The highest BCUT2D eigenvalue weighted by Gasteiger charge is 2.38. The highest BCUT2D eigenvalue weighted by atomic mass is 79.9. The van der Waals surface area contributed by atoms with Crippen LogP contribution >= 0.6 is 15.9 Å². The van der Waals surface area contributed by atoms with Crippen LogP contribution in [0, 0.1) is 33.8 Å². The molecule has 5 aliphatic rings. The lowest BCUT2D eigenvalue weighted by molar-refractivity contribution is -0.384. The Morgan fingerprint density at radius 2 is 0.769 bits per heavy atom. The van der Waals surface area contributed by atoms with E-state index in [2.05, 4.69) is 74.3 Å². The lowest BCUT2D eigenvalue weighted by Gasteiger charge is -2.27. The zero-order valence-corrected chi connectivity index (χ0v) is 74.7. The van der Waals surface area contributed by atoms with Crippen molar-refractivity contribution in [3.05, 3.63) is 105 Å². The number of Topliss-reactive ketones (excluding diaryl/α,β-unsaturated/α-hetero) is 1. The van der Waals surface area contributed by atoms with Gasteiger partial charge in [0.2, 0.25) is 5.67 Å². The largest absolute Gasteiger partial charge is 0.480 e. The summed E-state index contributed by atoms with van der Waals surface area (Å²) in [6, 6.07) is 21.9. The number of hydrogen-bond acceptors (Lipinski definition) is 25. The number of non-ortho nitro benzene ring substituents is 1. The Hall–Kier alpha value is -8.48. The number of hydrogen-bond donors (Lipinski definition) is 5. The summed E-state index contributed by atoms with van der Waals surface area (Å²) < 4.78 is 60.8. The molecule has 3 aromatic rings. The molecule has 3 heterocycles. The van der Waals surface area contributed by atoms with Crippen molar-refractivity contribution in [2.45, 2.75) is 206 Å². The van der Waals surface area contributed by atoms with Crippen molar-refractivity contribution < 1.29 is 95.5 Å². The van der Waals surface area contributed by atoms with Crippen molar-refractivity contribution in [2.24, 2.45) is 0 Å². The summed E-state index contributed by atoms with van der Waals surface area (Å²) >= 11 is 3.25.